The van der Waals surface area contributed by atoms with Gasteiger partial charge in [0.1, 0.15) is 0 Å². The highest BCUT2D eigenvalue weighted by molar-refractivity contribution is 4.82. The minimum atomic E-state index is -0.0862. The number of nitrogens with zero attached hydrogens (tertiary/aromatic N) is 1. The predicted octanol–water partition coefficient (Wildman–Crippen LogP) is 1.80. The molecule has 0 aromatic heterocycles. The Bertz CT molecular complexity index is 161. The number of aliphatic hydroxyl groups is 1. The lowest BCUT2D eigenvalue weighted by atomic mass is 10.2. The van der Waals surface area contributed by atoms with E-state index in [1.54, 1.807) is 0 Å². The summed E-state index contributed by atoms with van der Waals surface area (Å²) in [5.41, 5.74) is -0.0862. The van der Waals surface area contributed by atoms with E-state index >= 15 is 0 Å². The predicted molar refractivity (Wildman–Crippen MR) is 55.0 cm³/mol. The zero-order valence-electron chi connectivity index (χ0n) is 9.13. The fourth-order valence-electron chi connectivity index (χ4n) is 0.898. The van der Waals surface area contributed by atoms with Crippen LogP contribution in [0.15, 0.2) is 12.3 Å². The van der Waals surface area contributed by atoms with Crippen LogP contribution in [0.1, 0.15) is 20.8 Å². The van der Waals surface area contributed by atoms with Crippen molar-refractivity contribution in [3.63, 3.8) is 0 Å². The Morgan fingerprint density at radius 1 is 1.46 bits per heavy atom. The van der Waals surface area contributed by atoms with Gasteiger partial charge in [0.2, 0.25) is 0 Å². The van der Waals surface area contributed by atoms with Crippen LogP contribution in [0.5, 0.6) is 0 Å². The van der Waals surface area contributed by atoms with Crippen LogP contribution in [0.2, 0.25) is 0 Å². The molecule has 0 saturated heterocycles. The van der Waals surface area contributed by atoms with Gasteiger partial charge >= 0.3 is 0 Å². The molecule has 13 heavy (non-hydrogen) atoms. The van der Waals surface area contributed by atoms with Crippen LogP contribution in [-0.4, -0.2) is 42.4 Å². The highest BCUT2D eigenvalue weighted by atomic mass is 16.5. The maximum atomic E-state index is 8.91. The summed E-state index contributed by atoms with van der Waals surface area (Å²) < 4.78 is 5.53. The fourth-order valence-corrected chi connectivity index (χ4v) is 0.898. The second-order valence-corrected chi connectivity index (χ2v) is 4.26. The lowest BCUT2D eigenvalue weighted by Crippen LogP contribution is -2.29. The Morgan fingerprint density at radius 2 is 2.00 bits per heavy atom. The lowest BCUT2D eigenvalue weighted by molar-refractivity contribution is -0.0105. The van der Waals surface area contributed by atoms with E-state index in [2.05, 4.69) is 6.58 Å². The summed E-state index contributed by atoms with van der Waals surface area (Å²) in [7, 11) is 1.92. The summed E-state index contributed by atoms with van der Waals surface area (Å²) in [4.78, 5) is 1.97. The third-order valence-corrected chi connectivity index (χ3v) is 1.46. The highest BCUT2D eigenvalue weighted by Crippen LogP contribution is 2.05. The first-order valence-corrected chi connectivity index (χ1v) is 4.50. The van der Waals surface area contributed by atoms with Gasteiger partial charge in [-0.3, -0.25) is 4.90 Å². The molecule has 0 unspecified atom stereocenters. The van der Waals surface area contributed by atoms with Crippen LogP contribution in [0.3, 0.4) is 0 Å². The SMILES string of the molecule is C=C(O)CN(C)CCOC(C)(C)C. The van der Waals surface area contributed by atoms with Gasteiger partial charge in [0.25, 0.3) is 0 Å². The third-order valence-electron chi connectivity index (χ3n) is 1.46. The lowest BCUT2D eigenvalue weighted by Gasteiger charge is -2.22. The van der Waals surface area contributed by atoms with E-state index in [1.165, 1.54) is 0 Å². The zero-order valence-corrected chi connectivity index (χ0v) is 9.13. The second kappa shape index (κ2) is 5.25. The van der Waals surface area contributed by atoms with Crippen LogP contribution >= 0.6 is 0 Å². The molecule has 0 bridgehead atoms. The summed E-state index contributed by atoms with van der Waals surface area (Å²) in [6.45, 7) is 11.5. The number of ether oxygens (including phenoxy) is 1. The van der Waals surface area contributed by atoms with E-state index < -0.39 is 0 Å². The van der Waals surface area contributed by atoms with Gasteiger partial charge < -0.3 is 9.84 Å². The van der Waals surface area contributed by atoms with Gasteiger partial charge in [-0.25, -0.2) is 0 Å². The van der Waals surface area contributed by atoms with Crippen molar-refractivity contribution in [3.8, 4) is 0 Å². The van der Waals surface area contributed by atoms with E-state index in [0.717, 1.165) is 6.54 Å². The van der Waals surface area contributed by atoms with Crippen molar-refractivity contribution in [1.82, 2.24) is 4.90 Å². The Morgan fingerprint density at radius 3 is 2.38 bits per heavy atom. The van der Waals surface area contributed by atoms with Crippen LogP contribution in [-0.2, 0) is 4.74 Å². The monoisotopic (exact) mass is 187 g/mol. The summed E-state index contributed by atoms with van der Waals surface area (Å²) in [5.74, 6) is 0.193. The van der Waals surface area contributed by atoms with E-state index in [9.17, 15) is 0 Å². The van der Waals surface area contributed by atoms with Crippen molar-refractivity contribution in [1.29, 1.82) is 0 Å². The van der Waals surface area contributed by atoms with Crippen molar-refractivity contribution in [3.05, 3.63) is 12.3 Å². The molecule has 0 aliphatic rings. The van der Waals surface area contributed by atoms with Gasteiger partial charge in [-0.05, 0) is 27.8 Å². The van der Waals surface area contributed by atoms with Gasteiger partial charge in [-0.15, -0.1) is 0 Å². The largest absolute Gasteiger partial charge is 0.512 e. The molecule has 0 saturated carbocycles. The Hall–Kier alpha value is -0.540. The van der Waals surface area contributed by atoms with E-state index in [0.29, 0.717) is 13.2 Å². The average Bonchev–Trinajstić information content (AvgIpc) is 1.81. The molecule has 0 aliphatic heterocycles. The average molecular weight is 187 g/mol. The van der Waals surface area contributed by atoms with Crippen LogP contribution < -0.4 is 0 Å². The summed E-state index contributed by atoms with van der Waals surface area (Å²) in [5, 5.41) is 8.91. The molecule has 0 amide bonds. The molecule has 0 aromatic rings. The van der Waals surface area contributed by atoms with Gasteiger partial charge in [0.05, 0.1) is 24.5 Å². The summed E-state index contributed by atoms with van der Waals surface area (Å²) >= 11 is 0. The molecule has 0 atom stereocenters. The van der Waals surface area contributed by atoms with Crippen molar-refractivity contribution >= 4 is 0 Å². The molecule has 1 N–H and O–H groups in total. The molecule has 0 fully saturated rings. The molecule has 78 valence electrons. The minimum absolute atomic E-state index is 0.0862. The molecule has 0 rings (SSSR count). The molecule has 3 heteroatoms. The topological polar surface area (TPSA) is 32.7 Å². The van der Waals surface area contributed by atoms with Crippen molar-refractivity contribution in [2.75, 3.05) is 26.7 Å². The van der Waals surface area contributed by atoms with Gasteiger partial charge in [-0.2, -0.15) is 0 Å². The summed E-state index contributed by atoms with van der Waals surface area (Å²) in [6, 6.07) is 0. The Balaban J connectivity index is 3.48. The quantitative estimate of drug-likeness (QED) is 0.666. The maximum absolute atomic E-state index is 8.91. The Kier molecular flexibility index (Phi) is 5.03. The number of rotatable bonds is 5. The third kappa shape index (κ3) is 9.37. The number of hydrogen-bond acceptors (Lipinski definition) is 3. The van der Waals surface area contributed by atoms with Crippen LogP contribution in [0.4, 0.5) is 0 Å². The Labute approximate surface area is 81.0 Å². The normalized spacial score (nSPS) is 12.1. The van der Waals surface area contributed by atoms with Crippen molar-refractivity contribution in [2.45, 2.75) is 26.4 Å². The molecule has 3 nitrogen and oxygen atoms in total. The van der Waals surface area contributed by atoms with E-state index in [4.69, 9.17) is 9.84 Å². The standard InChI is InChI=1S/C10H21NO2/c1-9(12)8-11(5)6-7-13-10(2,3)4/h12H,1,6-8H2,2-5H3. The molecular formula is C10H21NO2. The molecule has 0 aliphatic carbocycles. The number of hydrogen-bond donors (Lipinski definition) is 1. The first kappa shape index (κ1) is 12.5. The highest BCUT2D eigenvalue weighted by Gasteiger charge is 2.09. The molecular weight excluding hydrogens is 166 g/mol. The van der Waals surface area contributed by atoms with Gasteiger partial charge in [-0.1, -0.05) is 6.58 Å². The second-order valence-electron chi connectivity index (χ2n) is 4.26. The molecule has 0 radical (unpaired) electrons. The van der Waals surface area contributed by atoms with E-state index in [-0.39, 0.29) is 11.4 Å². The van der Waals surface area contributed by atoms with Crippen molar-refractivity contribution in [2.24, 2.45) is 0 Å². The molecule has 0 aromatic carbocycles. The van der Waals surface area contributed by atoms with Gasteiger partial charge in [0, 0.05) is 6.54 Å². The summed E-state index contributed by atoms with van der Waals surface area (Å²) in [6.07, 6.45) is 0. The van der Waals surface area contributed by atoms with E-state index in [1.807, 2.05) is 32.7 Å². The van der Waals surface area contributed by atoms with Crippen LogP contribution in [0, 0.1) is 0 Å². The fraction of sp³-hybridized carbons (Fsp3) is 0.800. The molecule has 0 heterocycles. The first-order valence-electron chi connectivity index (χ1n) is 4.50. The van der Waals surface area contributed by atoms with Crippen molar-refractivity contribution < 1.29 is 9.84 Å². The number of likely N-dealkylation sites (N-methyl/N-ethyl adjacent to an activating group) is 1. The van der Waals surface area contributed by atoms with Crippen LogP contribution in [0.25, 0.3) is 0 Å². The smallest absolute Gasteiger partial charge is 0.0991 e. The van der Waals surface area contributed by atoms with Gasteiger partial charge in [0.15, 0.2) is 0 Å². The minimum Gasteiger partial charge on any atom is -0.512 e. The molecule has 0 spiro atoms. The first-order chi connectivity index (χ1) is 5.81. The number of aliphatic hydroxyl groups excluding tert-OH is 1. The zero-order chi connectivity index (χ0) is 10.5. The maximum Gasteiger partial charge on any atom is 0.0991 e.